The van der Waals surface area contributed by atoms with Gasteiger partial charge in [0.2, 0.25) is 0 Å². The second-order valence-corrected chi connectivity index (χ2v) is 14.9. The van der Waals surface area contributed by atoms with E-state index in [4.69, 9.17) is 19.4 Å². The van der Waals surface area contributed by atoms with E-state index in [0.29, 0.717) is 28.5 Å². The molecule has 5 aromatic carbocycles. The fourth-order valence-electron chi connectivity index (χ4n) is 9.25. The quantitative estimate of drug-likeness (QED) is 0.185. The highest BCUT2D eigenvalue weighted by molar-refractivity contribution is 6.06. The standard InChI is InChI=1S/C45H38N4O/c1-28-19-31-20-29(2)25-45(24-28,26-31)37-15-11-32(12-16-37)34-13-17-38-39-18-14-36(23-41(39)50-40(38)22-34)44-48-42(33-8-4-3-5-9-33)47-43(49-44)35-10-6-7-30(21-35)27-46/h3-18,21-23,28-29,31H,19-20,24-26H2,1-2H3/t28-,29+,31?,45?. The number of furan rings is 1. The summed E-state index contributed by atoms with van der Waals surface area (Å²) in [6.45, 7) is 4.91. The summed E-state index contributed by atoms with van der Waals surface area (Å²) >= 11 is 0. The lowest BCUT2D eigenvalue weighted by molar-refractivity contribution is 0.0780. The molecule has 2 unspecified atom stereocenters. The van der Waals surface area contributed by atoms with Crippen LogP contribution in [-0.2, 0) is 5.41 Å². The average molecular weight is 651 g/mol. The van der Waals surface area contributed by atoms with Gasteiger partial charge in [-0.25, -0.2) is 15.0 Å². The minimum atomic E-state index is 0.334. The first-order chi connectivity index (χ1) is 24.4. The third kappa shape index (κ3) is 5.46. The summed E-state index contributed by atoms with van der Waals surface area (Å²) in [6, 6.07) is 41.6. The van der Waals surface area contributed by atoms with Gasteiger partial charge in [-0.1, -0.05) is 92.7 Å². The van der Waals surface area contributed by atoms with Crippen LogP contribution < -0.4 is 0 Å². The molecule has 2 fully saturated rings. The van der Waals surface area contributed by atoms with Crippen LogP contribution in [-0.4, -0.2) is 15.0 Å². The van der Waals surface area contributed by atoms with Crippen LogP contribution in [0.25, 0.3) is 67.2 Å². The monoisotopic (exact) mass is 650 g/mol. The van der Waals surface area contributed by atoms with Gasteiger partial charge in [0.05, 0.1) is 11.6 Å². The summed E-state index contributed by atoms with van der Waals surface area (Å²) in [5.74, 6) is 4.11. The van der Waals surface area contributed by atoms with Gasteiger partial charge in [-0.05, 0) is 108 Å². The van der Waals surface area contributed by atoms with E-state index < -0.39 is 0 Å². The number of rotatable bonds is 5. The molecule has 0 spiro atoms. The van der Waals surface area contributed by atoms with Crippen LogP contribution in [0.3, 0.4) is 0 Å². The van der Waals surface area contributed by atoms with Gasteiger partial charge in [0.25, 0.3) is 0 Å². The van der Waals surface area contributed by atoms with E-state index in [1.54, 1.807) is 6.07 Å². The molecule has 5 heteroatoms. The Balaban J connectivity index is 1.07. The molecule has 2 aliphatic rings. The lowest BCUT2D eigenvalue weighted by atomic mass is 9.54. The van der Waals surface area contributed by atoms with Crippen molar-refractivity contribution in [3.8, 4) is 51.4 Å². The van der Waals surface area contributed by atoms with E-state index in [1.807, 2.05) is 60.7 Å². The molecule has 0 N–H and O–H groups in total. The van der Waals surface area contributed by atoms with Gasteiger partial charge >= 0.3 is 0 Å². The molecule has 9 rings (SSSR count). The zero-order chi connectivity index (χ0) is 33.8. The predicted molar refractivity (Wildman–Crippen MR) is 200 cm³/mol. The SMILES string of the molecule is C[C@@H]1CC2C[C@H](C)CC(c3ccc(-c4ccc5c(c4)oc4cc(-c6nc(-c7ccccc7)nc(-c7cccc(C#N)c7)n6)ccc45)cc3)(C2)C1. The third-order valence-corrected chi connectivity index (χ3v) is 11.1. The summed E-state index contributed by atoms with van der Waals surface area (Å²) in [6.07, 6.45) is 6.77. The first-order valence-electron chi connectivity index (χ1n) is 17.8. The molecule has 2 saturated carbocycles. The van der Waals surface area contributed by atoms with Gasteiger partial charge in [0.15, 0.2) is 17.5 Å². The smallest absolute Gasteiger partial charge is 0.164 e. The van der Waals surface area contributed by atoms with Crippen molar-refractivity contribution in [3.63, 3.8) is 0 Å². The zero-order valence-electron chi connectivity index (χ0n) is 28.4. The van der Waals surface area contributed by atoms with Crippen molar-refractivity contribution in [2.24, 2.45) is 17.8 Å². The largest absolute Gasteiger partial charge is 0.456 e. The Morgan fingerprint density at radius 1 is 0.580 bits per heavy atom. The highest BCUT2D eigenvalue weighted by atomic mass is 16.3. The van der Waals surface area contributed by atoms with Crippen LogP contribution >= 0.6 is 0 Å². The second kappa shape index (κ2) is 12.1. The molecular formula is C45H38N4O. The Hall–Kier alpha value is -5.60. The normalized spacial score (nSPS) is 21.7. The topological polar surface area (TPSA) is 75.6 Å². The highest BCUT2D eigenvalue weighted by Gasteiger charge is 2.45. The van der Waals surface area contributed by atoms with Crippen LogP contribution in [0.15, 0.2) is 120 Å². The number of hydrogen-bond donors (Lipinski definition) is 0. The van der Waals surface area contributed by atoms with Crippen LogP contribution in [0.4, 0.5) is 0 Å². The predicted octanol–water partition coefficient (Wildman–Crippen LogP) is 11.4. The number of nitrogens with zero attached hydrogens (tertiary/aromatic N) is 4. The number of aromatic nitrogens is 3. The minimum Gasteiger partial charge on any atom is -0.456 e. The first kappa shape index (κ1) is 30.5. The lowest BCUT2D eigenvalue weighted by Crippen LogP contribution is -2.42. The van der Waals surface area contributed by atoms with Crippen molar-refractivity contribution in [1.82, 2.24) is 15.0 Å². The molecule has 0 amide bonds. The van der Waals surface area contributed by atoms with Crippen molar-refractivity contribution in [3.05, 3.63) is 126 Å². The fraction of sp³-hybridized carbons (Fsp3) is 0.244. The molecule has 244 valence electrons. The first-order valence-corrected chi connectivity index (χ1v) is 17.8. The summed E-state index contributed by atoms with van der Waals surface area (Å²) < 4.78 is 6.52. The molecule has 2 aliphatic carbocycles. The lowest BCUT2D eigenvalue weighted by Gasteiger charge is -2.50. The van der Waals surface area contributed by atoms with E-state index in [2.05, 4.69) is 68.4 Å². The van der Waals surface area contributed by atoms with Crippen LogP contribution in [0, 0.1) is 29.1 Å². The number of benzene rings is 5. The molecule has 2 heterocycles. The van der Waals surface area contributed by atoms with E-state index in [-0.39, 0.29) is 0 Å². The molecule has 50 heavy (non-hydrogen) atoms. The van der Waals surface area contributed by atoms with Crippen molar-refractivity contribution in [2.75, 3.05) is 0 Å². The van der Waals surface area contributed by atoms with Crippen molar-refractivity contribution < 1.29 is 4.42 Å². The molecule has 2 bridgehead atoms. The maximum atomic E-state index is 9.51. The van der Waals surface area contributed by atoms with Gasteiger partial charge in [-0.15, -0.1) is 0 Å². The van der Waals surface area contributed by atoms with Crippen LogP contribution in [0.5, 0.6) is 0 Å². The van der Waals surface area contributed by atoms with Crippen LogP contribution in [0.1, 0.15) is 57.1 Å². The summed E-state index contributed by atoms with van der Waals surface area (Å²) in [5, 5.41) is 11.6. The molecule has 2 aromatic heterocycles. The van der Waals surface area contributed by atoms with Crippen molar-refractivity contribution in [1.29, 1.82) is 5.26 Å². The second-order valence-electron chi connectivity index (χ2n) is 14.9. The van der Waals surface area contributed by atoms with Gasteiger partial charge in [-0.3, -0.25) is 0 Å². The number of fused-ring (bicyclic) bond motifs is 5. The maximum Gasteiger partial charge on any atom is 0.164 e. The molecule has 5 nitrogen and oxygen atoms in total. The van der Waals surface area contributed by atoms with E-state index in [1.165, 1.54) is 43.2 Å². The molecule has 0 saturated heterocycles. The Kier molecular flexibility index (Phi) is 7.35. The summed E-state index contributed by atoms with van der Waals surface area (Å²) in [4.78, 5) is 14.6. The van der Waals surface area contributed by atoms with E-state index in [9.17, 15) is 5.26 Å². The highest BCUT2D eigenvalue weighted by Crippen LogP contribution is 2.54. The zero-order valence-corrected chi connectivity index (χ0v) is 28.4. The Morgan fingerprint density at radius 2 is 1.14 bits per heavy atom. The van der Waals surface area contributed by atoms with Crippen LogP contribution in [0.2, 0.25) is 0 Å². The van der Waals surface area contributed by atoms with E-state index in [0.717, 1.165) is 61.9 Å². The van der Waals surface area contributed by atoms with Gasteiger partial charge < -0.3 is 4.42 Å². The van der Waals surface area contributed by atoms with E-state index >= 15 is 0 Å². The van der Waals surface area contributed by atoms with Gasteiger partial charge in [0.1, 0.15) is 11.2 Å². The molecule has 4 atom stereocenters. The Morgan fingerprint density at radius 3 is 1.80 bits per heavy atom. The summed E-state index contributed by atoms with van der Waals surface area (Å²) in [7, 11) is 0. The fourth-order valence-corrected chi connectivity index (χ4v) is 9.25. The van der Waals surface area contributed by atoms with Crippen molar-refractivity contribution in [2.45, 2.75) is 51.4 Å². The third-order valence-electron chi connectivity index (χ3n) is 11.1. The molecule has 0 aliphatic heterocycles. The Labute approximate surface area is 292 Å². The number of nitriles is 1. The average Bonchev–Trinajstić information content (AvgIpc) is 3.51. The van der Waals surface area contributed by atoms with Gasteiger partial charge in [-0.2, -0.15) is 5.26 Å². The molecule has 7 aromatic rings. The maximum absolute atomic E-state index is 9.51. The van der Waals surface area contributed by atoms with Gasteiger partial charge in [0, 0.05) is 27.5 Å². The Bertz CT molecular complexity index is 2400. The van der Waals surface area contributed by atoms with Crippen molar-refractivity contribution >= 4 is 21.9 Å². The summed E-state index contributed by atoms with van der Waals surface area (Å²) in [5.41, 5.74) is 8.91. The minimum absolute atomic E-state index is 0.334. The molecular weight excluding hydrogens is 613 g/mol. The number of hydrogen-bond acceptors (Lipinski definition) is 5. The molecule has 0 radical (unpaired) electrons.